The summed E-state index contributed by atoms with van der Waals surface area (Å²) in [6, 6.07) is 0. The highest BCUT2D eigenvalue weighted by molar-refractivity contribution is 7.85. The van der Waals surface area contributed by atoms with Crippen molar-refractivity contribution in [3.8, 4) is 0 Å². The van der Waals surface area contributed by atoms with Crippen LogP contribution in [0.15, 0.2) is 23.5 Å². The van der Waals surface area contributed by atoms with Gasteiger partial charge in [0.1, 0.15) is 5.76 Å². The Labute approximate surface area is 139 Å². The second-order valence-corrected chi connectivity index (χ2v) is 6.32. The van der Waals surface area contributed by atoms with Crippen LogP contribution in [-0.2, 0) is 19.7 Å². The molecule has 10 nitrogen and oxygen atoms in total. The number of hydrogen-bond acceptors (Lipinski definition) is 7. The Morgan fingerprint density at radius 1 is 1.12 bits per heavy atom. The molecule has 0 aromatic rings. The lowest BCUT2D eigenvalue weighted by Gasteiger charge is -2.22. The van der Waals surface area contributed by atoms with E-state index in [9.17, 15) is 23.1 Å². The molecule has 0 heterocycles. The molecule has 0 spiro atoms. The molecule has 0 aliphatic rings. The first-order chi connectivity index (χ1) is 11.0. The maximum absolute atomic E-state index is 10.9. The first kappa shape index (κ1) is 22.1. The van der Waals surface area contributed by atoms with Gasteiger partial charge in [-0.15, -0.1) is 0 Å². The number of aliphatic hydroxyl groups is 1. The van der Waals surface area contributed by atoms with Crippen molar-refractivity contribution >= 4 is 22.1 Å². The van der Waals surface area contributed by atoms with E-state index < -0.39 is 34.4 Å². The van der Waals surface area contributed by atoms with Gasteiger partial charge in [0.05, 0.1) is 18.8 Å². The summed E-state index contributed by atoms with van der Waals surface area (Å²) in [5.41, 5.74) is 0.134. The number of nitrogens with one attached hydrogen (secondary N) is 1. The van der Waals surface area contributed by atoms with Crippen molar-refractivity contribution in [1.82, 2.24) is 10.2 Å². The number of carboxylic acid groups (broad SMARTS) is 2. The summed E-state index contributed by atoms with van der Waals surface area (Å²) in [5.74, 6) is -3.16. The Morgan fingerprint density at radius 2 is 1.75 bits per heavy atom. The molecule has 0 bridgehead atoms. The Kier molecular flexibility index (Phi) is 9.88. The van der Waals surface area contributed by atoms with Crippen LogP contribution >= 0.6 is 0 Å². The molecule has 0 saturated carbocycles. The van der Waals surface area contributed by atoms with Crippen molar-refractivity contribution in [2.45, 2.75) is 6.92 Å². The van der Waals surface area contributed by atoms with Gasteiger partial charge in [0.25, 0.3) is 10.1 Å². The monoisotopic (exact) mass is 366 g/mol. The minimum Gasteiger partial charge on any atom is -0.508 e. The number of allylic oxidation sites excluding steroid dienone is 1. The van der Waals surface area contributed by atoms with E-state index in [0.29, 0.717) is 0 Å². The van der Waals surface area contributed by atoms with Crippen molar-refractivity contribution in [2.24, 2.45) is 0 Å². The van der Waals surface area contributed by atoms with Crippen LogP contribution in [0, 0.1) is 0 Å². The van der Waals surface area contributed by atoms with Crippen molar-refractivity contribution in [3.05, 3.63) is 23.5 Å². The number of carbonyl (C=O) groups is 2. The van der Waals surface area contributed by atoms with E-state index in [4.69, 9.17) is 14.8 Å². The zero-order valence-electron chi connectivity index (χ0n) is 13.2. The maximum atomic E-state index is 10.9. The molecular formula is C13H22N2O8S. The lowest BCUT2D eigenvalue weighted by atomic mass is 10.2. The molecule has 0 rings (SSSR count). The normalized spacial score (nSPS) is 13.3. The number of hydrogen-bond donors (Lipinski definition) is 5. The predicted octanol–water partition coefficient (Wildman–Crippen LogP) is -0.677. The van der Waals surface area contributed by atoms with Crippen LogP contribution in [0.1, 0.15) is 6.92 Å². The van der Waals surface area contributed by atoms with E-state index in [1.165, 1.54) is 17.9 Å². The van der Waals surface area contributed by atoms with Crippen LogP contribution in [-0.4, -0.2) is 83.6 Å². The maximum Gasteiger partial charge on any atom is 0.317 e. The second-order valence-electron chi connectivity index (χ2n) is 4.83. The first-order valence-corrected chi connectivity index (χ1v) is 8.52. The van der Waals surface area contributed by atoms with Crippen molar-refractivity contribution in [3.63, 3.8) is 0 Å². The van der Waals surface area contributed by atoms with Gasteiger partial charge in [-0.2, -0.15) is 8.42 Å². The first-order valence-electron chi connectivity index (χ1n) is 6.91. The van der Waals surface area contributed by atoms with Gasteiger partial charge in [-0.1, -0.05) is 6.08 Å². The second kappa shape index (κ2) is 10.8. The Balaban J connectivity index is 5.00. The third-order valence-electron chi connectivity index (χ3n) is 2.78. The van der Waals surface area contributed by atoms with Gasteiger partial charge >= 0.3 is 11.9 Å². The zero-order valence-corrected chi connectivity index (χ0v) is 14.0. The Morgan fingerprint density at radius 3 is 2.21 bits per heavy atom. The molecule has 0 radical (unpaired) electrons. The molecule has 0 fully saturated rings. The summed E-state index contributed by atoms with van der Waals surface area (Å²) in [7, 11) is -4.28. The molecule has 0 atom stereocenters. The van der Waals surface area contributed by atoms with E-state index >= 15 is 0 Å². The van der Waals surface area contributed by atoms with Crippen molar-refractivity contribution < 1.29 is 37.9 Å². The van der Waals surface area contributed by atoms with E-state index in [2.05, 4.69) is 5.32 Å². The minimum atomic E-state index is -4.28. The minimum absolute atomic E-state index is 0.0905. The number of nitrogens with zero attached hydrogens (tertiary/aromatic N) is 1. The number of carboxylic acids is 2. The van der Waals surface area contributed by atoms with Gasteiger partial charge in [0, 0.05) is 25.2 Å². The summed E-state index contributed by atoms with van der Waals surface area (Å²) in [6.45, 7) is 1.07. The van der Waals surface area contributed by atoms with Gasteiger partial charge in [0.2, 0.25) is 0 Å². The fraction of sp³-hybridized carbons (Fsp3) is 0.538. The lowest BCUT2D eigenvalue weighted by Crippen LogP contribution is -2.38. The van der Waals surface area contributed by atoms with Gasteiger partial charge in [-0.05, 0) is 13.0 Å². The zero-order chi connectivity index (χ0) is 18.8. The highest BCUT2D eigenvalue weighted by Crippen LogP contribution is 2.10. The molecule has 0 aromatic heterocycles. The molecule has 0 aliphatic carbocycles. The van der Waals surface area contributed by atoms with E-state index in [0.717, 1.165) is 6.08 Å². The van der Waals surface area contributed by atoms with Crippen LogP contribution in [0.2, 0.25) is 0 Å². The van der Waals surface area contributed by atoms with E-state index in [1.807, 2.05) is 0 Å². The highest BCUT2D eigenvalue weighted by atomic mass is 32.2. The molecule has 24 heavy (non-hydrogen) atoms. The number of aliphatic hydroxyl groups excluding tert-OH is 1. The molecule has 138 valence electrons. The summed E-state index contributed by atoms with van der Waals surface area (Å²) in [4.78, 5) is 22.7. The van der Waals surface area contributed by atoms with Crippen LogP contribution in [0.3, 0.4) is 0 Å². The van der Waals surface area contributed by atoms with Crippen molar-refractivity contribution in [1.29, 1.82) is 0 Å². The Hall–Kier alpha value is -1.95. The summed E-state index contributed by atoms with van der Waals surface area (Å²) in [5, 5.41) is 29.8. The predicted molar refractivity (Wildman–Crippen MR) is 85.5 cm³/mol. The molecule has 5 N–H and O–H groups in total. The van der Waals surface area contributed by atoms with Gasteiger partial charge < -0.3 is 20.6 Å². The highest BCUT2D eigenvalue weighted by Gasteiger charge is 2.15. The standard InChI is InChI=1S/C13H22N2O8S/c1-2-11(16)10(3-6-24(21,22)23)8-15(9-13(19)20)5-4-14-7-12(17)18/h2-3,14,16H,4-9H2,1H3,(H,17,18)(H,19,20)(H,21,22,23)/b10-3-,11-2+. The molecular weight excluding hydrogens is 344 g/mol. The fourth-order valence-electron chi connectivity index (χ4n) is 1.72. The smallest absolute Gasteiger partial charge is 0.317 e. The van der Waals surface area contributed by atoms with Crippen LogP contribution in [0.5, 0.6) is 0 Å². The van der Waals surface area contributed by atoms with E-state index in [1.54, 1.807) is 0 Å². The van der Waals surface area contributed by atoms with Gasteiger partial charge in [-0.3, -0.25) is 19.0 Å². The summed E-state index contributed by atoms with van der Waals surface area (Å²) < 4.78 is 30.4. The average Bonchev–Trinajstić information content (AvgIpc) is 2.44. The topological polar surface area (TPSA) is 164 Å². The summed E-state index contributed by atoms with van der Waals surface area (Å²) in [6.07, 6.45) is 2.39. The largest absolute Gasteiger partial charge is 0.508 e. The van der Waals surface area contributed by atoms with Crippen LogP contribution in [0.4, 0.5) is 0 Å². The molecule has 0 aliphatic heterocycles. The number of rotatable bonds is 12. The number of aliphatic carboxylic acids is 2. The molecule has 0 aromatic carbocycles. The third-order valence-corrected chi connectivity index (χ3v) is 3.36. The lowest BCUT2D eigenvalue weighted by molar-refractivity contribution is -0.138. The van der Waals surface area contributed by atoms with Gasteiger partial charge in [0.15, 0.2) is 0 Å². The SMILES string of the molecule is C/C=C(O)\C(=C/CS(=O)(=O)O)CN(CCNCC(=O)O)CC(=O)O. The van der Waals surface area contributed by atoms with Gasteiger partial charge in [-0.25, -0.2) is 0 Å². The van der Waals surface area contributed by atoms with Crippen LogP contribution in [0.25, 0.3) is 0 Å². The van der Waals surface area contributed by atoms with Crippen molar-refractivity contribution in [2.75, 3.05) is 38.5 Å². The fourth-order valence-corrected chi connectivity index (χ4v) is 2.13. The molecule has 0 amide bonds. The molecule has 0 unspecified atom stereocenters. The molecule has 0 saturated heterocycles. The average molecular weight is 366 g/mol. The quantitative estimate of drug-likeness (QED) is 0.129. The van der Waals surface area contributed by atoms with Crippen LogP contribution < -0.4 is 5.32 Å². The molecule has 11 heteroatoms. The summed E-state index contributed by atoms with van der Waals surface area (Å²) >= 11 is 0. The third kappa shape index (κ3) is 11.6. The van der Waals surface area contributed by atoms with E-state index in [-0.39, 0.29) is 37.5 Å². The Bertz CT molecular complexity index is 597.